The minimum Gasteiger partial charge on any atom is -0.337 e. The molecule has 1 atom stereocenters. The van der Waals surface area contributed by atoms with Gasteiger partial charge in [0.1, 0.15) is 5.82 Å². The second-order valence-corrected chi connectivity index (χ2v) is 6.31. The summed E-state index contributed by atoms with van der Waals surface area (Å²) in [6, 6.07) is 0.0397. The van der Waals surface area contributed by atoms with Gasteiger partial charge in [0.2, 0.25) is 0 Å². The van der Waals surface area contributed by atoms with Crippen molar-refractivity contribution in [3.63, 3.8) is 0 Å². The molecule has 0 bridgehead atoms. The second kappa shape index (κ2) is 5.28. The van der Waals surface area contributed by atoms with Crippen LogP contribution < -0.4 is 5.32 Å². The summed E-state index contributed by atoms with van der Waals surface area (Å²) < 4.78 is 40.5. The van der Waals surface area contributed by atoms with E-state index in [1.54, 1.807) is 21.9 Å². The molecule has 1 saturated heterocycles. The number of hydrogen-bond acceptors (Lipinski definition) is 3. The molecular weight excluding hydrogens is 281 g/mol. The van der Waals surface area contributed by atoms with Crippen LogP contribution in [0.5, 0.6) is 0 Å². The fraction of sp³-hybridized carbons (Fsp3) is 0.786. The van der Waals surface area contributed by atoms with Crippen LogP contribution in [0.1, 0.15) is 25.1 Å². The number of halogens is 3. The molecule has 3 rings (SSSR count). The van der Waals surface area contributed by atoms with Crippen LogP contribution in [0.4, 0.5) is 13.2 Å². The zero-order chi connectivity index (χ0) is 15.1. The lowest BCUT2D eigenvalue weighted by Gasteiger charge is -2.29. The van der Waals surface area contributed by atoms with Crippen molar-refractivity contribution in [2.45, 2.75) is 38.0 Å². The highest BCUT2D eigenvalue weighted by Gasteiger charge is 2.57. The van der Waals surface area contributed by atoms with Crippen LogP contribution in [-0.2, 0) is 13.6 Å². The van der Waals surface area contributed by atoms with Gasteiger partial charge in [-0.1, -0.05) is 0 Å². The Labute approximate surface area is 122 Å². The predicted molar refractivity (Wildman–Crippen MR) is 72.6 cm³/mol. The third kappa shape index (κ3) is 3.23. The highest BCUT2D eigenvalue weighted by molar-refractivity contribution is 5.11. The zero-order valence-electron chi connectivity index (χ0n) is 12.2. The van der Waals surface area contributed by atoms with Gasteiger partial charge in [0, 0.05) is 25.5 Å². The Bertz CT molecular complexity index is 491. The largest absolute Gasteiger partial charge is 0.401 e. The third-order valence-electron chi connectivity index (χ3n) is 4.83. The fourth-order valence-electron chi connectivity index (χ4n) is 3.54. The Kier molecular flexibility index (Phi) is 3.73. The van der Waals surface area contributed by atoms with Gasteiger partial charge in [-0.25, -0.2) is 4.98 Å². The molecule has 7 heteroatoms. The molecule has 0 radical (unpaired) electrons. The molecule has 1 N–H and O–H groups in total. The van der Waals surface area contributed by atoms with E-state index in [4.69, 9.17) is 0 Å². The van der Waals surface area contributed by atoms with E-state index in [1.807, 2.05) is 7.05 Å². The van der Waals surface area contributed by atoms with Crippen LogP contribution in [0.25, 0.3) is 0 Å². The molecule has 0 unspecified atom stereocenters. The van der Waals surface area contributed by atoms with Crippen LogP contribution in [0.3, 0.4) is 0 Å². The number of hydrogen-bond donors (Lipinski definition) is 1. The molecule has 1 aliphatic heterocycles. The number of imidazole rings is 1. The zero-order valence-corrected chi connectivity index (χ0v) is 12.2. The van der Waals surface area contributed by atoms with Crippen molar-refractivity contribution < 1.29 is 13.2 Å². The van der Waals surface area contributed by atoms with Crippen molar-refractivity contribution in [2.24, 2.45) is 12.5 Å². The van der Waals surface area contributed by atoms with Crippen molar-refractivity contribution in [2.75, 3.05) is 19.6 Å². The van der Waals surface area contributed by atoms with Gasteiger partial charge in [0.15, 0.2) is 0 Å². The van der Waals surface area contributed by atoms with Crippen LogP contribution in [0, 0.1) is 5.41 Å². The first-order chi connectivity index (χ1) is 9.90. The Hall–Kier alpha value is -1.08. The summed E-state index contributed by atoms with van der Waals surface area (Å²) >= 11 is 0. The van der Waals surface area contributed by atoms with Crippen molar-refractivity contribution in [3.8, 4) is 0 Å². The molecule has 0 aromatic carbocycles. The van der Waals surface area contributed by atoms with E-state index in [-0.39, 0.29) is 18.0 Å². The molecular formula is C14H21F3N4. The molecule has 118 valence electrons. The maximum atomic E-state index is 12.9. The van der Waals surface area contributed by atoms with E-state index in [0.29, 0.717) is 5.82 Å². The molecule has 2 aliphatic rings. The number of nitrogens with one attached hydrogen (secondary N) is 1. The summed E-state index contributed by atoms with van der Waals surface area (Å²) in [5.74, 6) is 0.690. The summed E-state index contributed by atoms with van der Waals surface area (Å²) in [5, 5.41) is 3.29. The first kappa shape index (κ1) is 14.8. The smallest absolute Gasteiger partial charge is 0.337 e. The lowest BCUT2D eigenvalue weighted by molar-refractivity contribution is -0.150. The molecule has 1 aromatic heterocycles. The van der Waals surface area contributed by atoms with Gasteiger partial charge in [-0.3, -0.25) is 4.90 Å². The van der Waals surface area contributed by atoms with E-state index in [0.717, 1.165) is 32.4 Å². The summed E-state index contributed by atoms with van der Waals surface area (Å²) in [7, 11) is 1.82. The molecule has 1 spiro atoms. The number of aryl methyl sites for hydroxylation is 1. The lowest BCUT2D eigenvalue weighted by Crippen LogP contribution is -2.40. The Morgan fingerprint density at radius 3 is 2.71 bits per heavy atom. The topological polar surface area (TPSA) is 33.1 Å². The average molecular weight is 302 g/mol. The predicted octanol–water partition coefficient (Wildman–Crippen LogP) is 1.93. The van der Waals surface area contributed by atoms with Gasteiger partial charge >= 0.3 is 6.18 Å². The molecule has 2 heterocycles. The Balaban J connectivity index is 1.73. The summed E-state index contributed by atoms with van der Waals surface area (Å²) in [4.78, 5) is 5.75. The minimum atomic E-state index is -4.16. The van der Waals surface area contributed by atoms with Crippen LogP contribution in [0.15, 0.2) is 12.4 Å². The van der Waals surface area contributed by atoms with E-state index < -0.39 is 12.7 Å². The Morgan fingerprint density at radius 1 is 1.43 bits per heavy atom. The number of alkyl halides is 3. The summed E-state index contributed by atoms with van der Waals surface area (Å²) in [6.07, 6.45) is 2.08. The number of piperidine rings is 1. The highest BCUT2D eigenvalue weighted by Crippen LogP contribution is 2.56. The van der Waals surface area contributed by atoms with E-state index in [1.165, 1.54) is 0 Å². The van der Waals surface area contributed by atoms with Crippen molar-refractivity contribution in [3.05, 3.63) is 18.2 Å². The first-order valence-corrected chi connectivity index (χ1v) is 7.37. The molecule has 1 aromatic rings. The minimum absolute atomic E-state index is 0.0397. The highest BCUT2D eigenvalue weighted by atomic mass is 19.4. The molecule has 21 heavy (non-hydrogen) atoms. The van der Waals surface area contributed by atoms with Crippen molar-refractivity contribution in [1.82, 2.24) is 19.8 Å². The van der Waals surface area contributed by atoms with Gasteiger partial charge in [-0.2, -0.15) is 13.2 Å². The summed E-state index contributed by atoms with van der Waals surface area (Å²) in [6.45, 7) is 1.25. The van der Waals surface area contributed by atoms with E-state index in [9.17, 15) is 13.2 Å². The standard InChI is InChI=1S/C14H21F3N4/c1-20-7-6-19-12(20)9-21(10-14(15,16)17)11-8-13(11)2-4-18-5-3-13/h6-7,11,18H,2-5,8-10H2,1H3/t11-/m1/s1. The number of aromatic nitrogens is 2. The van der Waals surface area contributed by atoms with Gasteiger partial charge < -0.3 is 9.88 Å². The average Bonchev–Trinajstić information content (AvgIpc) is 2.93. The van der Waals surface area contributed by atoms with Gasteiger partial charge in [0.05, 0.1) is 13.1 Å². The molecule has 0 amide bonds. The normalized spacial score (nSPS) is 24.7. The lowest BCUT2D eigenvalue weighted by atomic mass is 9.93. The van der Waals surface area contributed by atoms with Crippen LogP contribution in [-0.4, -0.2) is 46.3 Å². The molecule has 1 saturated carbocycles. The number of nitrogens with zero attached hydrogens (tertiary/aromatic N) is 3. The van der Waals surface area contributed by atoms with Crippen molar-refractivity contribution in [1.29, 1.82) is 0 Å². The van der Waals surface area contributed by atoms with E-state index >= 15 is 0 Å². The maximum absolute atomic E-state index is 12.9. The summed E-state index contributed by atoms with van der Waals surface area (Å²) in [5.41, 5.74) is 0.0989. The number of rotatable bonds is 4. The maximum Gasteiger partial charge on any atom is 0.401 e. The van der Waals surface area contributed by atoms with Crippen molar-refractivity contribution >= 4 is 0 Å². The van der Waals surface area contributed by atoms with Gasteiger partial charge in [-0.15, -0.1) is 0 Å². The molecule has 1 aliphatic carbocycles. The first-order valence-electron chi connectivity index (χ1n) is 7.37. The van der Waals surface area contributed by atoms with Crippen LogP contribution in [0.2, 0.25) is 0 Å². The van der Waals surface area contributed by atoms with Crippen LogP contribution >= 0.6 is 0 Å². The van der Waals surface area contributed by atoms with E-state index in [2.05, 4.69) is 10.3 Å². The third-order valence-corrected chi connectivity index (χ3v) is 4.83. The Morgan fingerprint density at radius 2 is 2.14 bits per heavy atom. The molecule has 2 fully saturated rings. The SMILES string of the molecule is Cn1ccnc1CN(CC(F)(F)F)[C@@H]1CC12CCNCC2. The molecule has 4 nitrogen and oxygen atoms in total. The monoisotopic (exact) mass is 302 g/mol. The van der Waals surface area contributed by atoms with Gasteiger partial charge in [-0.05, 0) is 37.8 Å². The van der Waals surface area contributed by atoms with Gasteiger partial charge in [0.25, 0.3) is 0 Å². The fourth-order valence-corrected chi connectivity index (χ4v) is 3.54. The second-order valence-electron chi connectivity index (χ2n) is 6.31. The quantitative estimate of drug-likeness (QED) is 0.922.